The van der Waals surface area contributed by atoms with Gasteiger partial charge in [0.05, 0.1) is 39.6 Å². The topological polar surface area (TPSA) is 36.9 Å². The van der Waals surface area contributed by atoms with Crippen LogP contribution in [0.3, 0.4) is 0 Å². The van der Waals surface area contributed by atoms with Crippen molar-refractivity contribution >= 4 is 11.3 Å². The van der Waals surface area contributed by atoms with E-state index in [1.54, 1.807) is 0 Å². The highest BCUT2D eigenvalue weighted by Gasteiger charge is 2.05. The van der Waals surface area contributed by atoms with Crippen LogP contribution in [0.15, 0.2) is 11.4 Å². The molecule has 0 N–H and O–H groups in total. The predicted octanol–water partition coefficient (Wildman–Crippen LogP) is 9.18. The van der Waals surface area contributed by atoms with Crippen LogP contribution >= 0.6 is 11.3 Å². The van der Waals surface area contributed by atoms with E-state index in [-0.39, 0.29) is 0 Å². The van der Waals surface area contributed by atoms with Crippen molar-refractivity contribution in [3.05, 3.63) is 21.9 Å². The van der Waals surface area contributed by atoms with E-state index >= 15 is 0 Å². The quantitative estimate of drug-likeness (QED) is 0.0911. The minimum Gasteiger partial charge on any atom is -0.379 e. The van der Waals surface area contributed by atoms with E-state index in [9.17, 15) is 0 Å². The normalized spacial score (nSPS) is 11.5. The van der Waals surface area contributed by atoms with Crippen LogP contribution in [0, 0.1) is 0 Å². The first kappa shape index (κ1) is 34.6. The van der Waals surface area contributed by atoms with E-state index in [1.165, 1.54) is 113 Å². The Morgan fingerprint density at radius 3 is 1.35 bits per heavy atom. The van der Waals surface area contributed by atoms with E-state index in [2.05, 4.69) is 25.3 Å². The van der Waals surface area contributed by atoms with E-state index in [1.807, 2.05) is 11.3 Å². The molecule has 0 aliphatic carbocycles. The van der Waals surface area contributed by atoms with Crippen LogP contribution in [-0.4, -0.2) is 52.9 Å². The zero-order chi connectivity index (χ0) is 26.5. The van der Waals surface area contributed by atoms with Crippen molar-refractivity contribution in [2.24, 2.45) is 0 Å². The van der Waals surface area contributed by atoms with Crippen LogP contribution in [0.2, 0.25) is 0 Å². The van der Waals surface area contributed by atoms with E-state index in [0.29, 0.717) is 26.4 Å². The number of unbranched alkanes of at least 4 members (excludes halogenated alkanes) is 14. The zero-order valence-electron chi connectivity index (χ0n) is 24.6. The highest BCUT2D eigenvalue weighted by Crippen LogP contribution is 2.18. The number of hydrogen-bond donors (Lipinski definition) is 0. The Labute approximate surface area is 234 Å². The van der Waals surface area contributed by atoms with Crippen LogP contribution < -0.4 is 0 Å². The fraction of sp³-hybridized carbons (Fsp3) is 0.875. The summed E-state index contributed by atoms with van der Waals surface area (Å²) in [4.78, 5) is 1.43. The Kier molecular flexibility index (Phi) is 26.7. The molecule has 0 bridgehead atoms. The second-order valence-electron chi connectivity index (χ2n) is 10.3. The standard InChI is InChI=1S/C32H60O4S/c1-3-5-7-9-11-13-15-17-22-33-26-28-35-24-19-31-21-30-37-32(31)20-25-36-29-27-34-23-18-16-14-12-10-8-6-4-2/h21,30H,3-20,22-29H2,1-2H3. The first-order chi connectivity index (χ1) is 18.4. The number of ether oxygens (including phenoxy) is 4. The largest absolute Gasteiger partial charge is 0.379 e. The second-order valence-corrected chi connectivity index (χ2v) is 11.3. The van der Waals surface area contributed by atoms with Gasteiger partial charge in [0.25, 0.3) is 0 Å². The molecule has 218 valence electrons. The maximum absolute atomic E-state index is 5.81. The van der Waals surface area contributed by atoms with Crippen LogP contribution in [0.5, 0.6) is 0 Å². The van der Waals surface area contributed by atoms with Crippen LogP contribution in [0.25, 0.3) is 0 Å². The molecule has 0 amide bonds. The van der Waals surface area contributed by atoms with Gasteiger partial charge in [0.15, 0.2) is 0 Å². The van der Waals surface area contributed by atoms with Gasteiger partial charge in [0.1, 0.15) is 0 Å². The molecule has 0 saturated carbocycles. The van der Waals surface area contributed by atoms with Crippen molar-refractivity contribution in [1.29, 1.82) is 0 Å². The van der Waals surface area contributed by atoms with Crippen LogP contribution in [0.4, 0.5) is 0 Å². The van der Waals surface area contributed by atoms with Gasteiger partial charge in [0.2, 0.25) is 0 Å². The van der Waals surface area contributed by atoms with Gasteiger partial charge in [0, 0.05) is 24.5 Å². The van der Waals surface area contributed by atoms with Crippen molar-refractivity contribution in [3.8, 4) is 0 Å². The Balaban J connectivity index is 1.85. The molecule has 0 radical (unpaired) electrons. The average molecular weight is 541 g/mol. The van der Waals surface area contributed by atoms with Crippen molar-refractivity contribution in [3.63, 3.8) is 0 Å². The molecule has 0 spiro atoms. The highest BCUT2D eigenvalue weighted by atomic mass is 32.1. The lowest BCUT2D eigenvalue weighted by atomic mass is 10.1. The van der Waals surface area contributed by atoms with Gasteiger partial charge in [-0.05, 0) is 36.3 Å². The molecule has 4 nitrogen and oxygen atoms in total. The fourth-order valence-corrected chi connectivity index (χ4v) is 5.40. The maximum atomic E-state index is 5.81. The Morgan fingerprint density at radius 1 is 0.459 bits per heavy atom. The summed E-state index contributed by atoms with van der Waals surface area (Å²) in [5.74, 6) is 0. The molecule has 0 atom stereocenters. The van der Waals surface area contributed by atoms with E-state index < -0.39 is 0 Å². The lowest BCUT2D eigenvalue weighted by molar-refractivity contribution is 0.0464. The molecule has 0 aromatic carbocycles. The minimum atomic E-state index is 0.693. The molecule has 5 heteroatoms. The first-order valence-corrected chi connectivity index (χ1v) is 16.6. The molecule has 0 fully saturated rings. The van der Waals surface area contributed by atoms with Crippen molar-refractivity contribution in [1.82, 2.24) is 0 Å². The molecule has 1 aromatic rings. The molecule has 0 unspecified atom stereocenters. The second kappa shape index (κ2) is 28.5. The molecule has 1 rings (SSSR count). The average Bonchev–Trinajstić information content (AvgIpc) is 3.36. The van der Waals surface area contributed by atoms with Crippen LogP contribution in [0.1, 0.15) is 127 Å². The number of thiophene rings is 1. The van der Waals surface area contributed by atoms with Crippen molar-refractivity contribution in [2.45, 2.75) is 129 Å². The number of rotatable bonds is 30. The predicted molar refractivity (Wildman–Crippen MR) is 160 cm³/mol. The summed E-state index contributed by atoms with van der Waals surface area (Å²) in [5, 5.41) is 2.19. The monoisotopic (exact) mass is 540 g/mol. The van der Waals surface area contributed by atoms with E-state index in [4.69, 9.17) is 18.9 Å². The molecule has 0 aliphatic rings. The Hall–Kier alpha value is -0.460. The first-order valence-electron chi connectivity index (χ1n) is 15.7. The van der Waals surface area contributed by atoms with Gasteiger partial charge in [-0.15, -0.1) is 11.3 Å². The minimum absolute atomic E-state index is 0.693. The van der Waals surface area contributed by atoms with Gasteiger partial charge in [-0.2, -0.15) is 0 Å². The lowest BCUT2D eigenvalue weighted by Gasteiger charge is -2.08. The lowest BCUT2D eigenvalue weighted by Crippen LogP contribution is -2.09. The van der Waals surface area contributed by atoms with E-state index in [0.717, 1.165) is 39.3 Å². The van der Waals surface area contributed by atoms with Gasteiger partial charge < -0.3 is 18.9 Å². The maximum Gasteiger partial charge on any atom is 0.0700 e. The third kappa shape index (κ3) is 23.2. The third-order valence-electron chi connectivity index (χ3n) is 6.86. The SMILES string of the molecule is CCCCCCCCCCOCCOCCc1ccsc1CCOCCOCCCCCCCCCC. The zero-order valence-corrected chi connectivity index (χ0v) is 25.4. The summed E-state index contributed by atoms with van der Waals surface area (Å²) in [5.41, 5.74) is 1.40. The molecular weight excluding hydrogens is 480 g/mol. The summed E-state index contributed by atoms with van der Waals surface area (Å²) in [6, 6.07) is 2.23. The molecule has 1 aromatic heterocycles. The molecular formula is C32H60O4S. The van der Waals surface area contributed by atoms with Crippen molar-refractivity contribution in [2.75, 3.05) is 52.9 Å². The smallest absolute Gasteiger partial charge is 0.0700 e. The van der Waals surface area contributed by atoms with Crippen LogP contribution in [-0.2, 0) is 31.8 Å². The van der Waals surface area contributed by atoms with Gasteiger partial charge >= 0.3 is 0 Å². The van der Waals surface area contributed by atoms with Gasteiger partial charge in [-0.1, -0.05) is 104 Å². The number of hydrogen-bond acceptors (Lipinski definition) is 5. The molecule has 37 heavy (non-hydrogen) atoms. The Bertz CT molecular complexity index is 516. The summed E-state index contributed by atoms with van der Waals surface area (Å²) in [6.07, 6.45) is 23.4. The molecule has 0 aliphatic heterocycles. The molecule has 0 saturated heterocycles. The summed E-state index contributed by atoms with van der Waals surface area (Å²) >= 11 is 1.83. The van der Waals surface area contributed by atoms with Gasteiger partial charge in [-0.3, -0.25) is 0 Å². The van der Waals surface area contributed by atoms with Crippen molar-refractivity contribution < 1.29 is 18.9 Å². The summed E-state index contributed by atoms with van der Waals surface area (Å²) in [6.45, 7) is 10.6. The third-order valence-corrected chi connectivity index (χ3v) is 7.88. The highest BCUT2D eigenvalue weighted by molar-refractivity contribution is 7.10. The Morgan fingerprint density at radius 2 is 0.865 bits per heavy atom. The summed E-state index contributed by atoms with van der Waals surface area (Å²) in [7, 11) is 0. The van der Waals surface area contributed by atoms with Gasteiger partial charge in [-0.25, -0.2) is 0 Å². The summed E-state index contributed by atoms with van der Waals surface area (Å²) < 4.78 is 23.1. The fourth-order valence-electron chi connectivity index (χ4n) is 4.48. The molecule has 1 heterocycles.